The summed E-state index contributed by atoms with van der Waals surface area (Å²) in [5.74, 6) is 2.57. The molecule has 0 bridgehead atoms. The minimum Gasteiger partial charge on any atom is -0.451 e. The molecule has 9 nitrogen and oxygen atoms in total. The number of amides is 1. The van der Waals surface area contributed by atoms with Gasteiger partial charge in [-0.3, -0.25) is 9.48 Å². The van der Waals surface area contributed by atoms with Crippen molar-refractivity contribution in [2.45, 2.75) is 76.8 Å². The second-order valence-corrected chi connectivity index (χ2v) is 13.6. The number of halogens is 1. The molecule has 1 aliphatic carbocycles. The fourth-order valence-electron chi connectivity index (χ4n) is 7.83. The van der Waals surface area contributed by atoms with Crippen molar-refractivity contribution in [2.24, 2.45) is 11.3 Å². The molecule has 1 amide bonds. The maximum atomic E-state index is 14.4. The van der Waals surface area contributed by atoms with Gasteiger partial charge in [0.15, 0.2) is 11.6 Å². The van der Waals surface area contributed by atoms with Gasteiger partial charge in [-0.25, -0.2) is 14.4 Å². The molecular weight excluding hydrogens is 545 g/mol. The fourth-order valence-corrected chi connectivity index (χ4v) is 7.83. The van der Waals surface area contributed by atoms with E-state index < -0.39 is 0 Å². The van der Waals surface area contributed by atoms with Gasteiger partial charge >= 0.3 is 0 Å². The quantitative estimate of drug-likeness (QED) is 0.385. The molecule has 2 aromatic heterocycles. The Morgan fingerprint density at radius 2 is 1.86 bits per heavy atom. The van der Waals surface area contributed by atoms with E-state index in [2.05, 4.69) is 30.2 Å². The lowest BCUT2D eigenvalue weighted by atomic mass is 9.71. The number of benzene rings is 1. The molecule has 4 aliphatic rings. The van der Waals surface area contributed by atoms with Crippen LogP contribution in [0.25, 0.3) is 11.3 Å². The summed E-state index contributed by atoms with van der Waals surface area (Å²) in [5.41, 5.74) is 1.87. The summed E-state index contributed by atoms with van der Waals surface area (Å²) in [6, 6.07) is 6.59. The van der Waals surface area contributed by atoms with Crippen molar-refractivity contribution in [2.75, 3.05) is 37.6 Å². The van der Waals surface area contributed by atoms with E-state index in [1.54, 1.807) is 24.8 Å². The third-order valence-electron chi connectivity index (χ3n) is 10.3. The molecule has 0 radical (unpaired) electrons. The molecule has 3 aromatic rings. The summed E-state index contributed by atoms with van der Waals surface area (Å²) in [7, 11) is 0. The zero-order valence-electron chi connectivity index (χ0n) is 25.3. The van der Waals surface area contributed by atoms with Crippen molar-refractivity contribution < 1.29 is 13.9 Å². The standard InChI is InChI=1S/C33H42FN7O2/c1-23(2)41-27(8-14-37-41)26-17-25(34)3-4-28(26)43-29-18-35-22-36-31(29)40-20-32(21-40)12-15-39(16-13-32)19-24-5-9-33(10-6-24)11-7-30(42)38-33/h3-4,8,14,17-18,22-24H,5-7,9-13,15-16,19-21H2,1-2H3,(H,38,42). The Morgan fingerprint density at radius 1 is 1.07 bits per heavy atom. The minimum atomic E-state index is -0.325. The third kappa shape index (κ3) is 5.61. The van der Waals surface area contributed by atoms with Crippen LogP contribution in [-0.2, 0) is 4.79 Å². The first-order chi connectivity index (χ1) is 20.8. The van der Waals surface area contributed by atoms with Crippen LogP contribution in [0, 0.1) is 17.2 Å². The number of anilines is 1. The molecule has 4 fully saturated rings. The van der Waals surface area contributed by atoms with Crippen LogP contribution in [0.2, 0.25) is 0 Å². The van der Waals surface area contributed by atoms with E-state index in [0.29, 0.717) is 28.9 Å². The van der Waals surface area contributed by atoms with Crippen molar-refractivity contribution in [3.8, 4) is 22.8 Å². The number of piperidine rings is 1. The van der Waals surface area contributed by atoms with Gasteiger partial charge in [0.2, 0.25) is 5.91 Å². The first-order valence-electron chi connectivity index (χ1n) is 15.9. The van der Waals surface area contributed by atoms with E-state index in [0.717, 1.165) is 62.9 Å². The summed E-state index contributed by atoms with van der Waals surface area (Å²) in [6.07, 6.45) is 13.8. The summed E-state index contributed by atoms with van der Waals surface area (Å²) in [4.78, 5) is 25.6. The molecule has 7 rings (SSSR count). The van der Waals surface area contributed by atoms with E-state index >= 15 is 0 Å². The van der Waals surface area contributed by atoms with Crippen LogP contribution in [0.1, 0.15) is 71.3 Å². The molecule has 3 aliphatic heterocycles. The number of hydrogen-bond donors (Lipinski definition) is 1. The van der Waals surface area contributed by atoms with Gasteiger partial charge in [0.05, 0.1) is 11.9 Å². The Kier molecular flexibility index (Phi) is 7.35. The Bertz CT molecular complexity index is 1470. The highest BCUT2D eigenvalue weighted by Crippen LogP contribution is 2.46. The van der Waals surface area contributed by atoms with E-state index in [-0.39, 0.29) is 23.3 Å². The molecule has 3 saturated heterocycles. The highest BCUT2D eigenvalue weighted by molar-refractivity contribution is 5.79. The number of likely N-dealkylation sites (tertiary alicyclic amines) is 1. The van der Waals surface area contributed by atoms with Gasteiger partial charge in [0, 0.05) is 54.8 Å². The summed E-state index contributed by atoms with van der Waals surface area (Å²) in [6.45, 7) is 9.47. The van der Waals surface area contributed by atoms with Gasteiger partial charge in [-0.05, 0) is 102 Å². The Hall–Kier alpha value is -3.53. The smallest absolute Gasteiger partial charge is 0.220 e. The Morgan fingerprint density at radius 3 is 2.58 bits per heavy atom. The fraction of sp³-hybridized carbons (Fsp3) is 0.576. The predicted octanol–water partition coefficient (Wildman–Crippen LogP) is 5.59. The zero-order chi connectivity index (χ0) is 29.6. The number of ether oxygens (including phenoxy) is 1. The number of aromatic nitrogens is 4. The maximum Gasteiger partial charge on any atom is 0.220 e. The number of nitrogens with zero attached hydrogens (tertiary/aromatic N) is 6. The van der Waals surface area contributed by atoms with Crippen LogP contribution < -0.4 is 15.0 Å². The molecule has 2 spiro atoms. The average molecular weight is 588 g/mol. The molecule has 1 saturated carbocycles. The third-order valence-corrected chi connectivity index (χ3v) is 10.3. The van der Waals surface area contributed by atoms with Crippen molar-refractivity contribution in [3.05, 3.63) is 48.8 Å². The molecule has 0 atom stereocenters. The van der Waals surface area contributed by atoms with Crippen molar-refractivity contribution in [3.63, 3.8) is 0 Å². The molecular formula is C33H42FN7O2. The van der Waals surface area contributed by atoms with E-state index in [9.17, 15) is 9.18 Å². The lowest BCUT2D eigenvalue weighted by Gasteiger charge is -2.55. The van der Waals surface area contributed by atoms with E-state index in [1.807, 2.05) is 24.6 Å². The van der Waals surface area contributed by atoms with Crippen LogP contribution in [0.15, 0.2) is 43.0 Å². The van der Waals surface area contributed by atoms with Crippen LogP contribution in [0.3, 0.4) is 0 Å². The van der Waals surface area contributed by atoms with Gasteiger partial charge in [-0.1, -0.05) is 0 Å². The van der Waals surface area contributed by atoms with Crippen molar-refractivity contribution in [1.29, 1.82) is 0 Å². The number of carbonyl (C=O) groups is 1. The minimum absolute atomic E-state index is 0.105. The lowest BCUT2D eigenvalue weighted by molar-refractivity contribution is -0.120. The van der Waals surface area contributed by atoms with Gasteiger partial charge in [-0.15, -0.1) is 0 Å². The summed E-state index contributed by atoms with van der Waals surface area (Å²) < 4.78 is 22.7. The number of rotatable bonds is 7. The first kappa shape index (κ1) is 28.3. The zero-order valence-corrected chi connectivity index (χ0v) is 25.3. The summed E-state index contributed by atoms with van der Waals surface area (Å²) >= 11 is 0. The molecule has 0 unspecified atom stereocenters. The van der Waals surface area contributed by atoms with Crippen LogP contribution >= 0.6 is 0 Å². The van der Waals surface area contributed by atoms with Gasteiger partial charge < -0.3 is 19.9 Å². The second-order valence-electron chi connectivity index (χ2n) is 13.6. The van der Waals surface area contributed by atoms with Gasteiger partial charge in [0.1, 0.15) is 17.9 Å². The number of carbonyl (C=O) groups excluding carboxylic acids is 1. The summed E-state index contributed by atoms with van der Waals surface area (Å²) in [5, 5.41) is 7.71. The van der Waals surface area contributed by atoms with Crippen LogP contribution in [0.5, 0.6) is 11.5 Å². The molecule has 10 heteroatoms. The highest BCUT2D eigenvalue weighted by Gasteiger charge is 2.47. The van der Waals surface area contributed by atoms with Gasteiger partial charge in [0.25, 0.3) is 0 Å². The largest absolute Gasteiger partial charge is 0.451 e. The second kappa shape index (κ2) is 11.2. The molecule has 1 N–H and O–H groups in total. The molecule has 43 heavy (non-hydrogen) atoms. The van der Waals surface area contributed by atoms with Gasteiger partial charge in [-0.2, -0.15) is 5.10 Å². The van der Waals surface area contributed by atoms with E-state index in [4.69, 9.17) is 4.74 Å². The molecule has 1 aromatic carbocycles. The predicted molar refractivity (Wildman–Crippen MR) is 162 cm³/mol. The topological polar surface area (TPSA) is 88.4 Å². The SMILES string of the molecule is CC(C)n1nccc1-c1cc(F)ccc1Oc1cncnc1N1CC2(CCN(CC3CCC4(CCC(=O)N4)CC3)CC2)C1. The Balaban J connectivity index is 0.969. The monoisotopic (exact) mass is 587 g/mol. The maximum absolute atomic E-state index is 14.4. The number of nitrogens with one attached hydrogen (secondary N) is 1. The first-order valence-corrected chi connectivity index (χ1v) is 15.9. The normalized spacial score (nSPS) is 25.3. The number of hydrogen-bond acceptors (Lipinski definition) is 7. The Labute approximate surface area is 252 Å². The lowest BCUT2D eigenvalue weighted by Crippen LogP contribution is -2.61. The van der Waals surface area contributed by atoms with E-state index in [1.165, 1.54) is 44.4 Å². The average Bonchev–Trinajstić information content (AvgIpc) is 3.62. The van der Waals surface area contributed by atoms with Crippen molar-refractivity contribution in [1.82, 2.24) is 30.0 Å². The highest BCUT2D eigenvalue weighted by atomic mass is 19.1. The van der Waals surface area contributed by atoms with Crippen molar-refractivity contribution >= 4 is 11.7 Å². The molecule has 5 heterocycles. The van der Waals surface area contributed by atoms with Crippen LogP contribution in [-0.4, -0.2) is 68.8 Å². The molecule has 228 valence electrons. The van der Waals surface area contributed by atoms with Crippen LogP contribution in [0.4, 0.5) is 10.2 Å².